The van der Waals surface area contributed by atoms with Crippen LogP contribution in [0.5, 0.6) is 0 Å². The van der Waals surface area contributed by atoms with Crippen molar-refractivity contribution in [3.05, 3.63) is 11.4 Å². The van der Waals surface area contributed by atoms with Crippen molar-refractivity contribution in [1.82, 2.24) is 15.1 Å². The first-order valence-electron chi connectivity index (χ1n) is 6.95. The molecule has 0 aliphatic carbocycles. The number of nitrogen functional groups attached to an aromatic ring is 1. The van der Waals surface area contributed by atoms with E-state index in [-0.39, 0.29) is 24.0 Å². The van der Waals surface area contributed by atoms with Crippen molar-refractivity contribution in [3.63, 3.8) is 0 Å². The largest absolute Gasteiger partial charge is 0.396 e. The molecule has 114 valence electrons. The zero-order chi connectivity index (χ0) is 15.5. The van der Waals surface area contributed by atoms with Crippen molar-refractivity contribution in [2.75, 3.05) is 12.3 Å². The Morgan fingerprint density at radius 3 is 2.50 bits per heavy atom. The van der Waals surface area contributed by atoms with Crippen LogP contribution in [0.25, 0.3) is 0 Å². The molecule has 6 heteroatoms. The SMILES string of the molecule is CCc1nn(C)c(C(=O)NC(CCO)C(C)(C)C)c1N. The van der Waals surface area contributed by atoms with E-state index < -0.39 is 0 Å². The van der Waals surface area contributed by atoms with Gasteiger partial charge in [-0.1, -0.05) is 27.7 Å². The van der Waals surface area contributed by atoms with Crippen LogP contribution >= 0.6 is 0 Å². The Hall–Kier alpha value is -1.56. The van der Waals surface area contributed by atoms with Gasteiger partial charge in [-0.3, -0.25) is 9.48 Å². The highest BCUT2D eigenvalue weighted by atomic mass is 16.3. The number of carbonyl (C=O) groups excluding carboxylic acids is 1. The normalized spacial score (nSPS) is 13.3. The van der Waals surface area contributed by atoms with Crippen molar-refractivity contribution < 1.29 is 9.90 Å². The molecule has 0 spiro atoms. The number of anilines is 1. The summed E-state index contributed by atoms with van der Waals surface area (Å²) in [4.78, 5) is 12.4. The quantitative estimate of drug-likeness (QED) is 0.753. The van der Waals surface area contributed by atoms with E-state index in [9.17, 15) is 4.79 Å². The van der Waals surface area contributed by atoms with E-state index in [1.807, 2.05) is 27.7 Å². The van der Waals surface area contributed by atoms with Crippen LogP contribution in [0.3, 0.4) is 0 Å². The summed E-state index contributed by atoms with van der Waals surface area (Å²) in [6, 6.07) is -0.126. The second-order valence-corrected chi connectivity index (χ2v) is 6.09. The Morgan fingerprint density at radius 2 is 2.10 bits per heavy atom. The van der Waals surface area contributed by atoms with Crippen LogP contribution in [0.15, 0.2) is 0 Å². The fourth-order valence-electron chi connectivity index (χ4n) is 2.20. The van der Waals surface area contributed by atoms with Gasteiger partial charge in [0.15, 0.2) is 0 Å². The maximum Gasteiger partial charge on any atom is 0.271 e. The zero-order valence-electron chi connectivity index (χ0n) is 13.0. The summed E-state index contributed by atoms with van der Waals surface area (Å²) in [6.07, 6.45) is 1.19. The van der Waals surface area contributed by atoms with Crippen LogP contribution in [0.2, 0.25) is 0 Å². The number of nitrogens with zero attached hydrogens (tertiary/aromatic N) is 2. The number of aromatic nitrogens is 2. The molecule has 6 nitrogen and oxygen atoms in total. The van der Waals surface area contributed by atoms with Crippen molar-refractivity contribution in [1.29, 1.82) is 0 Å². The van der Waals surface area contributed by atoms with Gasteiger partial charge in [-0.05, 0) is 18.3 Å². The molecule has 4 N–H and O–H groups in total. The molecular formula is C14H26N4O2. The predicted molar refractivity (Wildman–Crippen MR) is 79.4 cm³/mol. The Bertz CT molecular complexity index is 474. The second-order valence-electron chi connectivity index (χ2n) is 6.09. The highest BCUT2D eigenvalue weighted by Gasteiger charge is 2.28. The smallest absolute Gasteiger partial charge is 0.271 e. The molecule has 1 aromatic heterocycles. The maximum atomic E-state index is 12.4. The summed E-state index contributed by atoms with van der Waals surface area (Å²) in [5.74, 6) is -0.245. The third-order valence-electron chi connectivity index (χ3n) is 3.48. The number of aliphatic hydroxyl groups excluding tert-OH is 1. The highest BCUT2D eigenvalue weighted by molar-refractivity contribution is 5.98. The average Bonchev–Trinajstić information content (AvgIpc) is 2.62. The Kier molecular flexibility index (Phi) is 5.16. The highest BCUT2D eigenvalue weighted by Crippen LogP contribution is 2.23. The summed E-state index contributed by atoms with van der Waals surface area (Å²) in [5.41, 5.74) is 7.39. The number of nitrogens with two attached hydrogens (primary N) is 1. The van der Waals surface area contributed by atoms with E-state index in [2.05, 4.69) is 10.4 Å². The molecule has 0 radical (unpaired) electrons. The fraction of sp³-hybridized carbons (Fsp3) is 0.714. The monoisotopic (exact) mass is 282 g/mol. The summed E-state index contributed by atoms with van der Waals surface area (Å²) in [6.45, 7) is 8.06. The molecule has 0 fully saturated rings. The molecule has 0 aromatic carbocycles. The Labute approximate surface area is 120 Å². The second kappa shape index (κ2) is 6.26. The first-order valence-corrected chi connectivity index (χ1v) is 6.95. The number of nitrogens with one attached hydrogen (secondary N) is 1. The number of rotatable bonds is 5. The number of amides is 1. The first kappa shape index (κ1) is 16.5. The fourth-order valence-corrected chi connectivity index (χ4v) is 2.20. The van der Waals surface area contributed by atoms with E-state index in [0.717, 1.165) is 5.69 Å². The molecule has 0 saturated heterocycles. The van der Waals surface area contributed by atoms with Crippen LogP contribution in [-0.2, 0) is 13.5 Å². The number of hydrogen-bond acceptors (Lipinski definition) is 4. The van der Waals surface area contributed by atoms with Crippen molar-refractivity contribution >= 4 is 11.6 Å². The maximum absolute atomic E-state index is 12.4. The molecule has 0 bridgehead atoms. The minimum Gasteiger partial charge on any atom is -0.396 e. The minimum atomic E-state index is -0.245. The molecule has 1 amide bonds. The third kappa shape index (κ3) is 3.50. The van der Waals surface area contributed by atoms with Crippen LogP contribution in [0.4, 0.5) is 5.69 Å². The molecule has 0 saturated carbocycles. The molecule has 1 aromatic rings. The van der Waals surface area contributed by atoms with Gasteiger partial charge in [0.05, 0.1) is 11.4 Å². The predicted octanol–water partition coefficient (Wildman–Crippen LogP) is 1.09. The molecular weight excluding hydrogens is 256 g/mol. The van der Waals surface area contributed by atoms with Crippen LogP contribution < -0.4 is 11.1 Å². The van der Waals surface area contributed by atoms with Gasteiger partial charge in [0.1, 0.15) is 5.69 Å². The van der Waals surface area contributed by atoms with Crippen molar-refractivity contribution in [3.8, 4) is 0 Å². The third-order valence-corrected chi connectivity index (χ3v) is 3.48. The zero-order valence-corrected chi connectivity index (χ0v) is 13.0. The van der Waals surface area contributed by atoms with Crippen molar-refractivity contribution in [2.45, 2.75) is 46.6 Å². The molecule has 0 aliphatic heterocycles. The van der Waals surface area contributed by atoms with Crippen molar-refractivity contribution in [2.24, 2.45) is 12.5 Å². The van der Waals surface area contributed by atoms with Gasteiger partial charge in [0.2, 0.25) is 0 Å². The van der Waals surface area contributed by atoms with E-state index in [4.69, 9.17) is 10.8 Å². The topological polar surface area (TPSA) is 93.2 Å². The molecule has 1 heterocycles. The molecule has 20 heavy (non-hydrogen) atoms. The van der Waals surface area contributed by atoms with Gasteiger partial charge in [-0.25, -0.2) is 0 Å². The van der Waals surface area contributed by atoms with Crippen LogP contribution in [-0.4, -0.2) is 33.4 Å². The van der Waals surface area contributed by atoms with Gasteiger partial charge in [0.25, 0.3) is 5.91 Å². The summed E-state index contributed by atoms with van der Waals surface area (Å²) < 4.78 is 1.52. The van der Waals surface area contributed by atoms with E-state index in [1.54, 1.807) is 7.05 Å². The molecule has 1 rings (SSSR count). The summed E-state index contributed by atoms with van der Waals surface area (Å²) >= 11 is 0. The average molecular weight is 282 g/mol. The van der Waals surface area contributed by atoms with Crippen LogP contribution in [0.1, 0.15) is 50.3 Å². The molecule has 1 unspecified atom stereocenters. The Balaban J connectivity index is 2.98. The van der Waals surface area contributed by atoms with E-state index in [0.29, 0.717) is 24.2 Å². The number of aliphatic hydroxyl groups is 1. The lowest BCUT2D eigenvalue weighted by molar-refractivity contribution is 0.0876. The minimum absolute atomic E-state index is 0.0310. The molecule has 1 atom stereocenters. The lowest BCUT2D eigenvalue weighted by Crippen LogP contribution is -2.45. The lowest BCUT2D eigenvalue weighted by Gasteiger charge is -2.31. The summed E-state index contributed by atoms with van der Waals surface area (Å²) in [5, 5.41) is 16.3. The standard InChI is InChI=1S/C14H26N4O2/c1-6-9-11(15)12(18(5)17-9)13(20)16-10(7-8-19)14(2,3)4/h10,19H,6-8,15H2,1-5H3,(H,16,20). The number of aryl methyl sites for hydroxylation is 2. The number of carbonyl (C=O) groups is 1. The molecule has 0 aliphatic rings. The van der Waals surface area contributed by atoms with Gasteiger partial charge < -0.3 is 16.2 Å². The van der Waals surface area contributed by atoms with Gasteiger partial charge in [-0.2, -0.15) is 5.10 Å². The lowest BCUT2D eigenvalue weighted by atomic mass is 9.85. The van der Waals surface area contributed by atoms with Gasteiger partial charge >= 0.3 is 0 Å². The number of hydrogen-bond donors (Lipinski definition) is 3. The summed E-state index contributed by atoms with van der Waals surface area (Å²) in [7, 11) is 1.71. The van der Waals surface area contributed by atoms with E-state index in [1.165, 1.54) is 4.68 Å². The Morgan fingerprint density at radius 1 is 1.50 bits per heavy atom. The van der Waals surface area contributed by atoms with Gasteiger partial charge in [-0.15, -0.1) is 0 Å². The first-order chi connectivity index (χ1) is 9.22. The van der Waals surface area contributed by atoms with E-state index >= 15 is 0 Å². The van der Waals surface area contributed by atoms with Crippen LogP contribution in [0, 0.1) is 5.41 Å². The van der Waals surface area contributed by atoms with Gasteiger partial charge in [0, 0.05) is 19.7 Å².